The minimum atomic E-state index is -0.540. The maximum Gasteiger partial charge on any atom is 0.0975 e. The molecule has 0 aliphatic heterocycles. The SMILES string of the molecule is O[C@H](C=Cc1ccccc1)c1ccccc1. The van der Waals surface area contributed by atoms with Gasteiger partial charge in [-0.25, -0.2) is 0 Å². The third-order valence-corrected chi connectivity index (χ3v) is 2.41. The molecule has 0 aromatic heterocycles. The topological polar surface area (TPSA) is 20.2 Å². The van der Waals surface area contributed by atoms with Gasteiger partial charge in [-0.3, -0.25) is 0 Å². The molecule has 0 radical (unpaired) electrons. The molecule has 0 unspecified atom stereocenters. The van der Waals surface area contributed by atoms with Gasteiger partial charge in [0.25, 0.3) is 0 Å². The van der Waals surface area contributed by atoms with Crippen LogP contribution in [0.1, 0.15) is 17.2 Å². The summed E-state index contributed by atoms with van der Waals surface area (Å²) in [5.74, 6) is 0. The minimum absolute atomic E-state index is 0.540. The second kappa shape index (κ2) is 5.29. The van der Waals surface area contributed by atoms with Crippen LogP contribution < -0.4 is 0 Å². The Balaban J connectivity index is 2.08. The van der Waals surface area contributed by atoms with Crippen molar-refractivity contribution in [3.63, 3.8) is 0 Å². The van der Waals surface area contributed by atoms with Gasteiger partial charge in [0.05, 0.1) is 6.10 Å². The van der Waals surface area contributed by atoms with Crippen LogP contribution in [0.4, 0.5) is 0 Å². The van der Waals surface area contributed by atoms with Crippen LogP contribution in [0.15, 0.2) is 66.7 Å². The minimum Gasteiger partial charge on any atom is -0.384 e. The van der Waals surface area contributed by atoms with E-state index in [2.05, 4.69) is 0 Å². The number of benzene rings is 2. The summed E-state index contributed by atoms with van der Waals surface area (Å²) >= 11 is 0. The summed E-state index contributed by atoms with van der Waals surface area (Å²) in [4.78, 5) is 0. The van der Waals surface area contributed by atoms with Crippen LogP contribution in [0.2, 0.25) is 0 Å². The number of rotatable bonds is 3. The maximum absolute atomic E-state index is 9.90. The van der Waals surface area contributed by atoms with Gasteiger partial charge < -0.3 is 5.11 Å². The maximum atomic E-state index is 9.90. The van der Waals surface area contributed by atoms with E-state index in [4.69, 9.17) is 0 Å². The van der Waals surface area contributed by atoms with Gasteiger partial charge in [0, 0.05) is 0 Å². The molecule has 0 saturated heterocycles. The van der Waals surface area contributed by atoms with Crippen molar-refractivity contribution >= 4 is 6.08 Å². The van der Waals surface area contributed by atoms with Gasteiger partial charge in [-0.05, 0) is 11.1 Å². The monoisotopic (exact) mass is 210 g/mol. The molecule has 0 fully saturated rings. The Morgan fingerprint density at radius 2 is 1.38 bits per heavy atom. The number of aliphatic hydroxyl groups excluding tert-OH is 1. The fourth-order valence-corrected chi connectivity index (χ4v) is 1.53. The second-order valence-electron chi connectivity index (χ2n) is 3.63. The average Bonchev–Trinajstić information content (AvgIpc) is 2.38. The van der Waals surface area contributed by atoms with E-state index >= 15 is 0 Å². The van der Waals surface area contributed by atoms with E-state index in [9.17, 15) is 5.11 Å². The zero-order valence-corrected chi connectivity index (χ0v) is 8.95. The van der Waals surface area contributed by atoms with E-state index in [1.54, 1.807) is 6.08 Å². The molecule has 1 nitrogen and oxygen atoms in total. The van der Waals surface area contributed by atoms with Crippen molar-refractivity contribution in [1.82, 2.24) is 0 Å². The first-order valence-electron chi connectivity index (χ1n) is 5.32. The van der Waals surface area contributed by atoms with Crippen molar-refractivity contribution in [2.24, 2.45) is 0 Å². The van der Waals surface area contributed by atoms with Gasteiger partial charge in [0.15, 0.2) is 0 Å². The van der Waals surface area contributed by atoms with Gasteiger partial charge in [-0.2, -0.15) is 0 Å². The molecule has 0 amide bonds. The van der Waals surface area contributed by atoms with E-state index in [0.717, 1.165) is 11.1 Å². The molecule has 80 valence electrons. The van der Waals surface area contributed by atoms with Gasteiger partial charge in [-0.15, -0.1) is 0 Å². The largest absolute Gasteiger partial charge is 0.384 e. The van der Waals surface area contributed by atoms with E-state index in [-0.39, 0.29) is 0 Å². The van der Waals surface area contributed by atoms with Crippen LogP contribution in [-0.2, 0) is 0 Å². The summed E-state index contributed by atoms with van der Waals surface area (Å²) in [5, 5.41) is 9.90. The molecule has 0 bridgehead atoms. The molecule has 1 heteroatoms. The molecule has 2 aromatic rings. The third-order valence-electron chi connectivity index (χ3n) is 2.41. The van der Waals surface area contributed by atoms with Crippen LogP contribution in [-0.4, -0.2) is 5.11 Å². The number of aliphatic hydroxyl groups is 1. The molecule has 2 rings (SSSR count). The van der Waals surface area contributed by atoms with Crippen molar-refractivity contribution < 1.29 is 5.11 Å². The second-order valence-corrected chi connectivity index (χ2v) is 3.63. The lowest BCUT2D eigenvalue weighted by Crippen LogP contribution is -1.91. The molecular weight excluding hydrogens is 196 g/mol. The van der Waals surface area contributed by atoms with Crippen molar-refractivity contribution in [3.8, 4) is 0 Å². The van der Waals surface area contributed by atoms with E-state index in [1.165, 1.54) is 0 Å². The normalized spacial score (nSPS) is 12.8. The zero-order valence-electron chi connectivity index (χ0n) is 8.95. The molecule has 0 aliphatic carbocycles. The summed E-state index contributed by atoms with van der Waals surface area (Å²) < 4.78 is 0. The molecule has 2 aromatic carbocycles. The zero-order chi connectivity index (χ0) is 11.2. The van der Waals surface area contributed by atoms with Crippen molar-refractivity contribution in [3.05, 3.63) is 77.9 Å². The number of hydrogen-bond acceptors (Lipinski definition) is 1. The first-order chi connectivity index (χ1) is 7.86. The van der Waals surface area contributed by atoms with Crippen molar-refractivity contribution in [2.45, 2.75) is 6.10 Å². The van der Waals surface area contributed by atoms with Gasteiger partial charge in [0.2, 0.25) is 0 Å². The Labute approximate surface area is 95.7 Å². The predicted octanol–water partition coefficient (Wildman–Crippen LogP) is 3.43. The summed E-state index contributed by atoms with van der Waals surface area (Å²) in [7, 11) is 0. The molecule has 1 N–H and O–H groups in total. The highest BCUT2D eigenvalue weighted by Gasteiger charge is 2.00. The van der Waals surface area contributed by atoms with Crippen LogP contribution >= 0.6 is 0 Å². The Hall–Kier alpha value is -1.86. The highest BCUT2D eigenvalue weighted by molar-refractivity contribution is 5.49. The molecule has 0 heterocycles. The van der Waals surface area contributed by atoms with Crippen molar-refractivity contribution in [2.75, 3.05) is 0 Å². The summed E-state index contributed by atoms with van der Waals surface area (Å²) in [5.41, 5.74) is 2.01. The Morgan fingerprint density at radius 3 is 2.00 bits per heavy atom. The lowest BCUT2D eigenvalue weighted by atomic mass is 10.1. The first-order valence-corrected chi connectivity index (χ1v) is 5.32. The van der Waals surface area contributed by atoms with Gasteiger partial charge >= 0.3 is 0 Å². The van der Waals surface area contributed by atoms with E-state index in [1.807, 2.05) is 66.7 Å². The van der Waals surface area contributed by atoms with Gasteiger partial charge in [0.1, 0.15) is 0 Å². The Morgan fingerprint density at radius 1 is 0.812 bits per heavy atom. The van der Waals surface area contributed by atoms with E-state index in [0.29, 0.717) is 0 Å². The van der Waals surface area contributed by atoms with Crippen LogP contribution in [0.3, 0.4) is 0 Å². The lowest BCUT2D eigenvalue weighted by molar-refractivity contribution is 0.229. The fourth-order valence-electron chi connectivity index (χ4n) is 1.53. The highest BCUT2D eigenvalue weighted by atomic mass is 16.3. The first kappa shape index (κ1) is 10.7. The fraction of sp³-hybridized carbons (Fsp3) is 0.0667. The molecule has 0 saturated carbocycles. The van der Waals surface area contributed by atoms with Crippen LogP contribution in [0.5, 0.6) is 0 Å². The Bertz CT molecular complexity index is 445. The quantitative estimate of drug-likeness (QED) is 0.822. The molecule has 16 heavy (non-hydrogen) atoms. The summed E-state index contributed by atoms with van der Waals surface area (Å²) in [6, 6.07) is 19.6. The van der Waals surface area contributed by atoms with Crippen molar-refractivity contribution in [1.29, 1.82) is 0 Å². The van der Waals surface area contributed by atoms with Crippen LogP contribution in [0.25, 0.3) is 6.08 Å². The predicted molar refractivity (Wildman–Crippen MR) is 66.9 cm³/mol. The smallest absolute Gasteiger partial charge is 0.0975 e. The molecule has 1 atom stereocenters. The standard InChI is InChI=1S/C15H14O/c16-15(14-9-5-2-6-10-14)12-11-13-7-3-1-4-8-13/h1-12,15-16H/t15-/m1/s1. The Kier molecular flexibility index (Phi) is 3.52. The summed E-state index contributed by atoms with van der Waals surface area (Å²) in [6.07, 6.45) is 3.18. The third kappa shape index (κ3) is 2.81. The number of hydrogen-bond donors (Lipinski definition) is 1. The molecule has 0 aliphatic rings. The highest BCUT2D eigenvalue weighted by Crippen LogP contribution is 2.14. The summed E-state index contributed by atoms with van der Waals surface area (Å²) in [6.45, 7) is 0. The van der Waals surface area contributed by atoms with E-state index < -0.39 is 6.10 Å². The van der Waals surface area contributed by atoms with Crippen LogP contribution in [0, 0.1) is 0 Å². The molecule has 0 spiro atoms. The van der Waals surface area contributed by atoms with Gasteiger partial charge in [-0.1, -0.05) is 72.8 Å². The molecular formula is C15H14O. The lowest BCUT2D eigenvalue weighted by Gasteiger charge is -2.04. The average molecular weight is 210 g/mol.